The maximum Gasteiger partial charge on any atom is 0.269 e. The summed E-state index contributed by atoms with van der Waals surface area (Å²) < 4.78 is 0. The standard InChI is InChI=1S/C19H20N4OS/c1-4-9-21-16-8-10-22-18-15(16)12-17(25-18)19(24)23(13-20)11-6-7-14(3)5-2/h1,5-8,10,12-13,20H,9,11H2,2-3H3,(H,21,22)/b7-6-,14-5-,20-13?. The highest BCUT2D eigenvalue weighted by molar-refractivity contribution is 7.20. The van der Waals surface area contributed by atoms with E-state index in [1.165, 1.54) is 16.2 Å². The molecule has 0 saturated carbocycles. The zero-order chi connectivity index (χ0) is 18.2. The molecule has 2 N–H and O–H groups in total. The predicted octanol–water partition coefficient (Wildman–Crippen LogP) is 3.91. The number of thiophene rings is 1. The molecule has 0 unspecified atom stereocenters. The summed E-state index contributed by atoms with van der Waals surface area (Å²) in [6.45, 7) is 4.68. The molecule has 2 aromatic rings. The molecule has 2 rings (SSSR count). The second-order valence-corrected chi connectivity index (χ2v) is 6.30. The van der Waals surface area contributed by atoms with Crippen molar-refractivity contribution in [3.63, 3.8) is 0 Å². The zero-order valence-electron chi connectivity index (χ0n) is 14.2. The summed E-state index contributed by atoms with van der Waals surface area (Å²) in [6.07, 6.45) is 13.8. The first kappa shape index (κ1) is 18.4. The quantitative estimate of drug-likeness (QED) is 0.343. The van der Waals surface area contributed by atoms with Crippen molar-refractivity contribution in [2.75, 3.05) is 18.4 Å². The number of nitrogens with zero attached hydrogens (tertiary/aromatic N) is 2. The van der Waals surface area contributed by atoms with Crippen molar-refractivity contribution in [1.82, 2.24) is 9.88 Å². The Labute approximate surface area is 151 Å². The zero-order valence-corrected chi connectivity index (χ0v) is 15.1. The van der Waals surface area contributed by atoms with Crippen LogP contribution in [-0.2, 0) is 0 Å². The van der Waals surface area contributed by atoms with Gasteiger partial charge in [0.15, 0.2) is 0 Å². The third kappa shape index (κ3) is 4.55. The van der Waals surface area contributed by atoms with E-state index in [-0.39, 0.29) is 5.91 Å². The number of anilines is 1. The number of pyridine rings is 1. The number of carbonyl (C=O) groups excluding carboxylic acids is 1. The largest absolute Gasteiger partial charge is 0.374 e. The van der Waals surface area contributed by atoms with Gasteiger partial charge < -0.3 is 5.32 Å². The van der Waals surface area contributed by atoms with Crippen molar-refractivity contribution in [3.8, 4) is 12.3 Å². The summed E-state index contributed by atoms with van der Waals surface area (Å²) in [5.74, 6) is 2.31. The first-order valence-corrected chi connectivity index (χ1v) is 8.59. The Morgan fingerprint density at radius 2 is 2.36 bits per heavy atom. The maximum absolute atomic E-state index is 12.7. The molecule has 0 radical (unpaired) electrons. The van der Waals surface area contributed by atoms with Gasteiger partial charge in [0.25, 0.3) is 5.91 Å². The van der Waals surface area contributed by atoms with E-state index in [0.29, 0.717) is 18.0 Å². The fraction of sp³-hybridized carbons (Fsp3) is 0.211. The lowest BCUT2D eigenvalue weighted by atomic mass is 10.2. The molecule has 5 nitrogen and oxygen atoms in total. The molecule has 0 aromatic carbocycles. The molecule has 0 spiro atoms. The van der Waals surface area contributed by atoms with E-state index in [4.69, 9.17) is 11.8 Å². The Morgan fingerprint density at radius 1 is 1.56 bits per heavy atom. The summed E-state index contributed by atoms with van der Waals surface area (Å²) >= 11 is 1.31. The van der Waals surface area contributed by atoms with Crippen LogP contribution in [-0.4, -0.2) is 35.2 Å². The van der Waals surface area contributed by atoms with Crippen LogP contribution < -0.4 is 5.32 Å². The van der Waals surface area contributed by atoms with E-state index < -0.39 is 0 Å². The normalized spacial score (nSPS) is 11.5. The number of terminal acetylenes is 1. The van der Waals surface area contributed by atoms with Crippen molar-refractivity contribution in [3.05, 3.63) is 47.0 Å². The van der Waals surface area contributed by atoms with Crippen LogP contribution in [0.25, 0.3) is 10.2 Å². The number of hydrogen-bond donors (Lipinski definition) is 2. The SMILES string of the molecule is C#CCNc1ccnc2sc(C(=O)N(C=N)C/C=C\C(C)=C/C)cc12. The van der Waals surface area contributed by atoms with Crippen LogP contribution in [0.2, 0.25) is 0 Å². The van der Waals surface area contributed by atoms with Gasteiger partial charge in [0.1, 0.15) is 4.83 Å². The van der Waals surface area contributed by atoms with Crippen molar-refractivity contribution in [1.29, 1.82) is 5.41 Å². The number of hydrogen-bond acceptors (Lipinski definition) is 5. The Kier molecular flexibility index (Phi) is 6.49. The number of nitrogens with one attached hydrogen (secondary N) is 2. The molecular weight excluding hydrogens is 332 g/mol. The summed E-state index contributed by atoms with van der Waals surface area (Å²) in [6, 6.07) is 3.63. The number of fused-ring (bicyclic) bond motifs is 1. The summed E-state index contributed by atoms with van der Waals surface area (Å²) in [4.78, 5) is 19.6. The van der Waals surface area contributed by atoms with E-state index >= 15 is 0 Å². The van der Waals surface area contributed by atoms with Crippen LogP contribution in [0.1, 0.15) is 23.5 Å². The molecule has 128 valence electrons. The second kappa shape index (κ2) is 8.81. The topological polar surface area (TPSA) is 69.1 Å². The van der Waals surface area contributed by atoms with Gasteiger partial charge in [-0.05, 0) is 26.0 Å². The average molecular weight is 352 g/mol. The minimum atomic E-state index is -0.219. The molecule has 0 fully saturated rings. The van der Waals surface area contributed by atoms with Crippen molar-refractivity contribution in [2.45, 2.75) is 13.8 Å². The Hall–Kier alpha value is -2.91. The fourth-order valence-electron chi connectivity index (χ4n) is 2.13. The van der Waals surface area contributed by atoms with Gasteiger partial charge in [-0.15, -0.1) is 17.8 Å². The molecule has 0 aliphatic carbocycles. The molecule has 0 saturated heterocycles. The highest BCUT2D eigenvalue weighted by Gasteiger charge is 2.17. The summed E-state index contributed by atoms with van der Waals surface area (Å²) in [7, 11) is 0. The Morgan fingerprint density at radius 3 is 3.04 bits per heavy atom. The van der Waals surface area contributed by atoms with Gasteiger partial charge in [-0.3, -0.25) is 15.1 Å². The first-order valence-electron chi connectivity index (χ1n) is 7.77. The number of aromatic nitrogens is 1. The van der Waals surface area contributed by atoms with Crippen LogP contribution in [0.15, 0.2) is 42.1 Å². The maximum atomic E-state index is 12.7. The smallest absolute Gasteiger partial charge is 0.269 e. The van der Waals surface area contributed by atoms with Gasteiger partial charge in [-0.2, -0.15) is 0 Å². The van der Waals surface area contributed by atoms with Crippen LogP contribution in [0, 0.1) is 17.8 Å². The van der Waals surface area contributed by atoms with E-state index in [9.17, 15) is 4.79 Å². The van der Waals surface area contributed by atoms with E-state index in [0.717, 1.165) is 27.8 Å². The van der Waals surface area contributed by atoms with Crippen molar-refractivity contribution < 1.29 is 4.79 Å². The third-order valence-electron chi connectivity index (χ3n) is 3.58. The minimum Gasteiger partial charge on any atom is -0.374 e. The van der Waals surface area contributed by atoms with Crippen LogP contribution in [0.5, 0.6) is 0 Å². The molecule has 1 amide bonds. The molecule has 0 aliphatic heterocycles. The van der Waals surface area contributed by atoms with E-state index in [1.54, 1.807) is 12.3 Å². The highest BCUT2D eigenvalue weighted by atomic mass is 32.1. The molecule has 2 aromatic heterocycles. The summed E-state index contributed by atoms with van der Waals surface area (Å²) in [5.41, 5.74) is 1.95. The van der Waals surface area contributed by atoms with Crippen LogP contribution in [0.4, 0.5) is 5.69 Å². The van der Waals surface area contributed by atoms with Gasteiger partial charge in [0, 0.05) is 23.8 Å². The molecular formula is C19H20N4OS. The lowest BCUT2D eigenvalue weighted by Crippen LogP contribution is -2.28. The van der Waals surface area contributed by atoms with Crippen molar-refractivity contribution in [2.24, 2.45) is 0 Å². The number of carbonyl (C=O) groups is 1. The van der Waals surface area contributed by atoms with Gasteiger partial charge >= 0.3 is 0 Å². The molecule has 6 heteroatoms. The van der Waals surface area contributed by atoms with Gasteiger partial charge in [-0.1, -0.05) is 29.7 Å². The lowest BCUT2D eigenvalue weighted by Gasteiger charge is -2.13. The Bertz CT molecular complexity index is 873. The lowest BCUT2D eigenvalue weighted by molar-refractivity contribution is 0.0867. The molecule has 0 atom stereocenters. The fourth-order valence-corrected chi connectivity index (χ4v) is 3.11. The monoisotopic (exact) mass is 352 g/mol. The van der Waals surface area contributed by atoms with Gasteiger partial charge in [0.2, 0.25) is 0 Å². The molecule has 2 heterocycles. The predicted molar refractivity (Wildman–Crippen MR) is 105 cm³/mol. The van der Waals surface area contributed by atoms with E-state index in [1.807, 2.05) is 38.1 Å². The number of amides is 1. The highest BCUT2D eigenvalue weighted by Crippen LogP contribution is 2.30. The second-order valence-electron chi connectivity index (χ2n) is 5.27. The Balaban J connectivity index is 2.24. The summed E-state index contributed by atoms with van der Waals surface area (Å²) in [5, 5.41) is 11.5. The van der Waals surface area contributed by atoms with Crippen LogP contribution in [0.3, 0.4) is 0 Å². The average Bonchev–Trinajstić information content (AvgIpc) is 3.07. The number of rotatable bonds is 7. The van der Waals surface area contributed by atoms with Gasteiger partial charge in [0.05, 0.1) is 17.8 Å². The van der Waals surface area contributed by atoms with Gasteiger partial charge in [-0.25, -0.2) is 4.98 Å². The molecule has 0 aliphatic rings. The third-order valence-corrected chi connectivity index (χ3v) is 4.61. The van der Waals surface area contributed by atoms with Crippen molar-refractivity contribution >= 4 is 39.5 Å². The first-order chi connectivity index (χ1) is 12.1. The van der Waals surface area contributed by atoms with E-state index in [2.05, 4.69) is 16.2 Å². The molecule has 25 heavy (non-hydrogen) atoms. The van der Waals surface area contributed by atoms with Crippen LogP contribution >= 0.6 is 11.3 Å². The minimum absolute atomic E-state index is 0.219. The molecule has 0 bridgehead atoms. The number of allylic oxidation sites excluding steroid dienone is 3.